The van der Waals surface area contributed by atoms with E-state index in [9.17, 15) is 8.78 Å². The molecule has 4 heteroatoms. The molecule has 1 aliphatic heterocycles. The van der Waals surface area contributed by atoms with Crippen LogP contribution in [0.25, 0.3) is 0 Å². The minimum absolute atomic E-state index is 0.0172. The lowest BCUT2D eigenvalue weighted by Gasteiger charge is -2.43. The summed E-state index contributed by atoms with van der Waals surface area (Å²) in [5, 5.41) is 0. The number of benzene rings is 1. The predicted octanol–water partition coefficient (Wildman–Crippen LogP) is 9.62. The predicted molar refractivity (Wildman–Crippen MR) is 150 cm³/mol. The molecule has 38 heavy (non-hydrogen) atoms. The Hall–Kier alpha value is -1.42. The van der Waals surface area contributed by atoms with Crippen molar-refractivity contribution in [2.75, 3.05) is 13.2 Å². The molecule has 0 spiro atoms. The Bertz CT molecular complexity index is 884. The first-order chi connectivity index (χ1) is 18.6. The number of hydrogen-bond donors (Lipinski definition) is 0. The van der Waals surface area contributed by atoms with Crippen LogP contribution in [0, 0.1) is 47.1 Å². The fourth-order valence-electron chi connectivity index (χ4n) is 8.50. The minimum Gasteiger partial charge on any atom is -0.490 e. The molecule has 5 rings (SSSR count). The zero-order valence-electron chi connectivity index (χ0n) is 23.7. The van der Waals surface area contributed by atoms with E-state index in [1.165, 1.54) is 77.0 Å². The van der Waals surface area contributed by atoms with Gasteiger partial charge in [-0.2, -0.15) is 4.39 Å². The van der Waals surface area contributed by atoms with Crippen molar-refractivity contribution in [2.24, 2.45) is 35.5 Å². The summed E-state index contributed by atoms with van der Waals surface area (Å²) in [5.74, 6) is 3.55. The summed E-state index contributed by atoms with van der Waals surface area (Å²) in [4.78, 5) is 0. The summed E-state index contributed by atoms with van der Waals surface area (Å²) in [6, 6.07) is 3.28. The van der Waals surface area contributed by atoms with Crippen LogP contribution >= 0.6 is 0 Å². The second-order valence-electron chi connectivity index (χ2n) is 13.0. The Kier molecular flexibility index (Phi) is 9.84. The van der Waals surface area contributed by atoms with Crippen molar-refractivity contribution >= 4 is 0 Å². The first-order valence-electron chi connectivity index (χ1n) is 15.9. The number of ether oxygens (including phenoxy) is 2. The van der Waals surface area contributed by atoms with Crippen LogP contribution in [0.15, 0.2) is 24.8 Å². The van der Waals surface area contributed by atoms with Gasteiger partial charge in [0.1, 0.15) is 0 Å². The fourth-order valence-corrected chi connectivity index (χ4v) is 8.50. The van der Waals surface area contributed by atoms with Crippen LogP contribution in [0.3, 0.4) is 0 Å². The Labute approximate surface area is 229 Å². The van der Waals surface area contributed by atoms with Gasteiger partial charge < -0.3 is 9.47 Å². The van der Waals surface area contributed by atoms with Gasteiger partial charge in [0.05, 0.1) is 19.3 Å². The molecule has 1 heterocycles. The van der Waals surface area contributed by atoms with Gasteiger partial charge in [-0.1, -0.05) is 19.1 Å². The topological polar surface area (TPSA) is 18.5 Å². The number of halogens is 2. The van der Waals surface area contributed by atoms with Crippen LogP contribution in [-0.4, -0.2) is 19.3 Å². The standard InChI is InChI=1S/C34H50F2O2/c1-3-21-37-32-20-18-30(33(35)34(32)36)29-17-19-31(38-22-29)28-15-13-27(14-16-28)26-11-9-25(10-12-26)24-7-5-23(4-2)6-8-24/h4,18,20,23-29,31H,2-3,5-17,19,21-22H2,1H3. The Morgan fingerprint density at radius 3 is 1.82 bits per heavy atom. The van der Waals surface area contributed by atoms with E-state index in [-0.39, 0.29) is 17.8 Å². The number of rotatable bonds is 8. The quantitative estimate of drug-likeness (QED) is 0.313. The largest absolute Gasteiger partial charge is 0.490 e. The molecular weight excluding hydrogens is 478 g/mol. The normalized spacial score (nSPS) is 36.5. The molecule has 3 saturated carbocycles. The number of allylic oxidation sites excluding steroid dienone is 1. The lowest BCUT2D eigenvalue weighted by molar-refractivity contribution is -0.0471. The van der Waals surface area contributed by atoms with Gasteiger partial charge in [-0.3, -0.25) is 0 Å². The highest BCUT2D eigenvalue weighted by Crippen LogP contribution is 2.47. The number of hydrogen-bond acceptors (Lipinski definition) is 2. The summed E-state index contributed by atoms with van der Waals surface area (Å²) in [5.41, 5.74) is 0.442. The molecule has 1 aromatic carbocycles. The van der Waals surface area contributed by atoms with E-state index in [0.717, 1.165) is 48.9 Å². The molecule has 3 aliphatic carbocycles. The molecule has 2 nitrogen and oxygen atoms in total. The van der Waals surface area contributed by atoms with Gasteiger partial charge in [0.25, 0.3) is 0 Å². The maximum absolute atomic E-state index is 14.8. The summed E-state index contributed by atoms with van der Waals surface area (Å²) in [7, 11) is 0. The van der Waals surface area contributed by atoms with Gasteiger partial charge >= 0.3 is 0 Å². The van der Waals surface area contributed by atoms with E-state index in [0.29, 0.717) is 24.7 Å². The molecule has 4 aliphatic rings. The second kappa shape index (κ2) is 13.3. The van der Waals surface area contributed by atoms with E-state index in [1.807, 2.05) is 6.92 Å². The highest BCUT2D eigenvalue weighted by molar-refractivity contribution is 5.33. The zero-order valence-corrected chi connectivity index (χ0v) is 23.7. The highest BCUT2D eigenvalue weighted by Gasteiger charge is 2.37. The van der Waals surface area contributed by atoms with Crippen LogP contribution in [0.5, 0.6) is 5.75 Å². The van der Waals surface area contributed by atoms with Crippen molar-refractivity contribution in [3.63, 3.8) is 0 Å². The molecule has 0 bridgehead atoms. The summed E-state index contributed by atoms with van der Waals surface area (Å²) in [6.45, 7) is 6.85. The van der Waals surface area contributed by atoms with Crippen molar-refractivity contribution in [1.29, 1.82) is 0 Å². The smallest absolute Gasteiger partial charge is 0.200 e. The molecule has 1 saturated heterocycles. The van der Waals surface area contributed by atoms with Gasteiger partial charge in [-0.25, -0.2) is 4.39 Å². The van der Waals surface area contributed by atoms with Gasteiger partial charge in [0.15, 0.2) is 11.6 Å². The van der Waals surface area contributed by atoms with Crippen molar-refractivity contribution in [1.82, 2.24) is 0 Å². The summed E-state index contributed by atoms with van der Waals surface area (Å²) >= 11 is 0. The minimum atomic E-state index is -0.856. The maximum Gasteiger partial charge on any atom is 0.200 e. The van der Waals surface area contributed by atoms with Gasteiger partial charge in [-0.15, -0.1) is 6.58 Å². The average Bonchev–Trinajstić information content (AvgIpc) is 2.98. The van der Waals surface area contributed by atoms with E-state index in [2.05, 4.69) is 12.7 Å². The van der Waals surface area contributed by atoms with Gasteiger partial charge in [-0.05, 0) is 143 Å². The molecule has 2 unspecified atom stereocenters. The Morgan fingerprint density at radius 1 is 0.763 bits per heavy atom. The Balaban J connectivity index is 1.04. The molecule has 212 valence electrons. The molecule has 0 amide bonds. The molecule has 1 aromatic rings. The summed E-state index contributed by atoms with van der Waals surface area (Å²) in [6.07, 6.45) is 21.7. The van der Waals surface area contributed by atoms with E-state index in [1.54, 1.807) is 12.1 Å². The fraction of sp³-hybridized carbons (Fsp3) is 0.765. The lowest BCUT2D eigenvalue weighted by atomic mass is 9.64. The third-order valence-corrected chi connectivity index (χ3v) is 10.9. The second-order valence-corrected chi connectivity index (χ2v) is 13.0. The van der Waals surface area contributed by atoms with Crippen LogP contribution in [0.4, 0.5) is 8.78 Å². The van der Waals surface area contributed by atoms with Crippen molar-refractivity contribution in [2.45, 2.75) is 115 Å². The van der Waals surface area contributed by atoms with E-state index in [4.69, 9.17) is 9.47 Å². The van der Waals surface area contributed by atoms with E-state index < -0.39 is 11.6 Å². The van der Waals surface area contributed by atoms with Crippen molar-refractivity contribution in [3.05, 3.63) is 42.0 Å². The van der Waals surface area contributed by atoms with Gasteiger partial charge in [0.2, 0.25) is 5.82 Å². The first kappa shape index (κ1) is 28.1. The van der Waals surface area contributed by atoms with Crippen molar-refractivity contribution in [3.8, 4) is 5.75 Å². The molecule has 4 fully saturated rings. The Morgan fingerprint density at radius 2 is 1.32 bits per heavy atom. The zero-order chi connectivity index (χ0) is 26.5. The van der Waals surface area contributed by atoms with Crippen molar-refractivity contribution < 1.29 is 18.3 Å². The van der Waals surface area contributed by atoms with Crippen LogP contribution < -0.4 is 4.74 Å². The third kappa shape index (κ3) is 6.48. The molecule has 0 aromatic heterocycles. The highest BCUT2D eigenvalue weighted by atomic mass is 19.2. The van der Waals surface area contributed by atoms with Crippen LogP contribution in [0.2, 0.25) is 0 Å². The molecule has 0 N–H and O–H groups in total. The molecular formula is C34H50F2O2. The lowest BCUT2D eigenvalue weighted by Crippen LogP contribution is -2.35. The SMILES string of the molecule is C=CC1CCC(C2CCC(C3CCC(C4CCC(c5ccc(OCCC)c(F)c5F)CO4)CC3)CC2)CC1. The van der Waals surface area contributed by atoms with Crippen LogP contribution in [0.1, 0.15) is 115 Å². The molecule has 2 atom stereocenters. The van der Waals surface area contributed by atoms with E-state index >= 15 is 0 Å². The maximum atomic E-state index is 14.8. The average molecular weight is 529 g/mol. The first-order valence-corrected chi connectivity index (χ1v) is 15.9. The van der Waals surface area contributed by atoms with Gasteiger partial charge in [0, 0.05) is 5.92 Å². The van der Waals surface area contributed by atoms with Crippen LogP contribution in [-0.2, 0) is 4.74 Å². The summed E-state index contributed by atoms with van der Waals surface area (Å²) < 4.78 is 41.0. The molecule has 0 radical (unpaired) electrons. The monoisotopic (exact) mass is 528 g/mol. The third-order valence-electron chi connectivity index (χ3n) is 10.9.